The third-order valence-corrected chi connectivity index (χ3v) is 5.54. The lowest BCUT2D eigenvalue weighted by atomic mass is 10.1. The van der Waals surface area contributed by atoms with E-state index in [1.165, 1.54) is 24.4 Å². The first-order valence-electron chi connectivity index (χ1n) is 11.9. The molecule has 3 aromatic rings. The lowest BCUT2D eigenvalue weighted by Crippen LogP contribution is -2.35. The molecule has 39 heavy (non-hydrogen) atoms. The van der Waals surface area contributed by atoms with Gasteiger partial charge in [0.1, 0.15) is 23.0 Å². The third kappa shape index (κ3) is 8.74. The highest BCUT2D eigenvalue weighted by atomic mass is 35.5. The Balaban J connectivity index is 1.62. The van der Waals surface area contributed by atoms with Gasteiger partial charge >= 0.3 is 12.0 Å². The molecule has 0 spiro atoms. The van der Waals surface area contributed by atoms with Crippen molar-refractivity contribution in [3.05, 3.63) is 87.2 Å². The molecule has 0 saturated heterocycles. The van der Waals surface area contributed by atoms with Crippen LogP contribution in [0.4, 0.5) is 19.4 Å². The molecule has 3 rings (SSSR count). The minimum atomic E-state index is -3.37. The number of ether oxygens (including phenoxy) is 1. The maximum absolute atomic E-state index is 14.4. The Kier molecular flexibility index (Phi) is 9.57. The summed E-state index contributed by atoms with van der Waals surface area (Å²) >= 11 is 6.07. The Bertz CT molecular complexity index is 1360. The van der Waals surface area contributed by atoms with E-state index >= 15 is 0 Å². The van der Waals surface area contributed by atoms with Gasteiger partial charge in [0, 0.05) is 19.3 Å². The fourth-order valence-corrected chi connectivity index (χ4v) is 3.56. The van der Waals surface area contributed by atoms with Crippen LogP contribution in [0.5, 0.6) is 0 Å². The number of amides is 2. The maximum Gasteiger partial charge on any atom is 0.407 e. The number of carbonyl (C=O) groups excluding carboxylic acids is 2. The van der Waals surface area contributed by atoms with Gasteiger partial charge < -0.3 is 20.7 Å². The quantitative estimate of drug-likeness (QED) is 0.343. The summed E-state index contributed by atoms with van der Waals surface area (Å²) in [5.41, 5.74) is -0.458. The van der Waals surface area contributed by atoms with E-state index in [1.807, 2.05) is 0 Å². The Morgan fingerprint density at radius 2 is 1.64 bits per heavy atom. The smallest absolute Gasteiger partial charge is 0.407 e. The zero-order valence-corrected chi connectivity index (χ0v) is 22.4. The molecule has 1 aromatic carbocycles. The van der Waals surface area contributed by atoms with E-state index in [9.17, 15) is 23.2 Å². The number of nitrogens with zero attached hydrogens (tertiary/aromatic N) is 3. The molecule has 3 N–H and O–H groups in total. The fraction of sp³-hybridized carbons (Fsp3) is 0.346. The normalized spacial score (nSPS) is 11.5. The number of nitrogens with one attached hydrogen (secondary N) is 3. The van der Waals surface area contributed by atoms with Crippen molar-refractivity contribution in [1.29, 1.82) is 0 Å². The van der Waals surface area contributed by atoms with Crippen molar-refractivity contribution in [2.45, 2.75) is 51.9 Å². The first kappa shape index (κ1) is 29.5. The summed E-state index contributed by atoms with van der Waals surface area (Å²) in [6.07, 6.45) is 1.76. The molecule has 2 heterocycles. The molecule has 10 nitrogen and oxygen atoms in total. The zero-order chi connectivity index (χ0) is 28.6. The summed E-state index contributed by atoms with van der Waals surface area (Å²) in [5, 5.41) is 7.55. The predicted molar refractivity (Wildman–Crippen MR) is 141 cm³/mol. The predicted octanol–water partition coefficient (Wildman–Crippen LogP) is 3.84. The van der Waals surface area contributed by atoms with Gasteiger partial charge in [0.2, 0.25) is 5.91 Å². The number of halogens is 3. The third-order valence-electron chi connectivity index (χ3n) is 5.24. The number of alkyl carbamates (subject to hydrolysis) is 1. The minimum Gasteiger partial charge on any atom is -0.444 e. The summed E-state index contributed by atoms with van der Waals surface area (Å²) in [6, 6.07) is 11.3. The molecule has 2 aromatic heterocycles. The van der Waals surface area contributed by atoms with Crippen LogP contribution in [-0.4, -0.2) is 38.7 Å². The van der Waals surface area contributed by atoms with E-state index in [4.69, 9.17) is 16.3 Å². The van der Waals surface area contributed by atoms with E-state index in [-0.39, 0.29) is 24.1 Å². The number of anilines is 1. The molecule has 0 radical (unpaired) electrons. The summed E-state index contributed by atoms with van der Waals surface area (Å²) in [7, 11) is 0. The maximum atomic E-state index is 14.4. The van der Waals surface area contributed by atoms with Gasteiger partial charge in [-0.25, -0.2) is 9.78 Å². The molecule has 0 atom stereocenters. The van der Waals surface area contributed by atoms with Crippen molar-refractivity contribution in [2.24, 2.45) is 0 Å². The summed E-state index contributed by atoms with van der Waals surface area (Å²) < 4.78 is 35.0. The van der Waals surface area contributed by atoms with Crippen LogP contribution in [-0.2, 0) is 35.1 Å². The molecule has 13 heteroatoms. The fourth-order valence-electron chi connectivity index (χ4n) is 3.38. The summed E-state index contributed by atoms with van der Waals surface area (Å²) in [6.45, 7) is 4.14. The molecule has 0 saturated carbocycles. The van der Waals surface area contributed by atoms with Crippen molar-refractivity contribution < 1.29 is 23.1 Å². The van der Waals surface area contributed by atoms with Gasteiger partial charge in [0.15, 0.2) is 5.82 Å². The van der Waals surface area contributed by atoms with Crippen molar-refractivity contribution >= 4 is 29.4 Å². The second-order valence-electron chi connectivity index (χ2n) is 9.49. The van der Waals surface area contributed by atoms with Crippen LogP contribution in [0.25, 0.3) is 0 Å². The van der Waals surface area contributed by atoms with Crippen molar-refractivity contribution in [3.8, 4) is 0 Å². The van der Waals surface area contributed by atoms with Gasteiger partial charge in [-0.05, 0) is 44.0 Å². The van der Waals surface area contributed by atoms with Crippen LogP contribution in [0.1, 0.15) is 37.6 Å². The monoisotopic (exact) mass is 562 g/mol. The minimum absolute atomic E-state index is 0.101. The number of carbonyl (C=O) groups is 2. The lowest BCUT2D eigenvalue weighted by molar-refractivity contribution is -0.121. The summed E-state index contributed by atoms with van der Waals surface area (Å²) in [4.78, 5) is 44.9. The molecule has 208 valence electrons. The second kappa shape index (κ2) is 12.7. The first-order valence-corrected chi connectivity index (χ1v) is 12.3. The molecule has 0 aliphatic carbocycles. The van der Waals surface area contributed by atoms with Crippen LogP contribution in [0.15, 0.2) is 59.7 Å². The molecule has 0 aliphatic rings. The standard InChI is InChI=1S/C26H29ClF2N6O4/c1-25(2,3)39-24(38)33-13-18-9-5-4-8-17(18)12-31-21(36)15-35-20(27)14-32-22(23(35)37)34-16-26(28,29)19-10-6-7-11-30-19/h4-11,14H,12-13,15-16H2,1-3H3,(H,31,36)(H,32,34)(H,33,38). The van der Waals surface area contributed by atoms with Gasteiger partial charge in [-0.15, -0.1) is 0 Å². The van der Waals surface area contributed by atoms with E-state index in [0.717, 1.165) is 21.9 Å². The first-order chi connectivity index (χ1) is 18.4. The van der Waals surface area contributed by atoms with E-state index in [0.29, 0.717) is 0 Å². The zero-order valence-electron chi connectivity index (χ0n) is 21.6. The number of hydrogen-bond donors (Lipinski definition) is 3. The van der Waals surface area contributed by atoms with Gasteiger partial charge in [0.05, 0.1) is 12.7 Å². The van der Waals surface area contributed by atoms with E-state index in [2.05, 4.69) is 25.9 Å². The number of rotatable bonds is 10. The lowest BCUT2D eigenvalue weighted by Gasteiger charge is -2.20. The molecule has 0 bridgehead atoms. The van der Waals surface area contributed by atoms with Crippen LogP contribution in [0.3, 0.4) is 0 Å². The van der Waals surface area contributed by atoms with Gasteiger partial charge in [0.25, 0.3) is 5.56 Å². The Labute approximate surface area is 228 Å². The Hall–Kier alpha value is -4.06. The number of alkyl halides is 2. The number of pyridine rings is 1. The molecular formula is C26H29ClF2N6O4. The van der Waals surface area contributed by atoms with Crippen molar-refractivity contribution in [3.63, 3.8) is 0 Å². The number of aromatic nitrogens is 3. The van der Waals surface area contributed by atoms with Crippen molar-refractivity contribution in [2.75, 3.05) is 11.9 Å². The second-order valence-corrected chi connectivity index (χ2v) is 9.88. The average Bonchev–Trinajstić information content (AvgIpc) is 2.88. The molecule has 0 unspecified atom stereocenters. The van der Waals surface area contributed by atoms with Crippen molar-refractivity contribution in [1.82, 2.24) is 25.2 Å². The SMILES string of the molecule is CC(C)(C)OC(=O)NCc1ccccc1CNC(=O)Cn1c(Cl)cnc(NCC(F)(F)c2ccccn2)c1=O. The Morgan fingerprint density at radius 3 is 2.26 bits per heavy atom. The van der Waals surface area contributed by atoms with Crippen LogP contribution < -0.4 is 21.5 Å². The van der Waals surface area contributed by atoms with Crippen LogP contribution in [0.2, 0.25) is 5.15 Å². The van der Waals surface area contributed by atoms with E-state index < -0.39 is 47.9 Å². The largest absolute Gasteiger partial charge is 0.444 e. The highest BCUT2D eigenvalue weighted by Crippen LogP contribution is 2.25. The van der Waals surface area contributed by atoms with Crippen LogP contribution >= 0.6 is 11.6 Å². The topological polar surface area (TPSA) is 127 Å². The van der Waals surface area contributed by atoms with Crippen LogP contribution in [0, 0.1) is 0 Å². The molecule has 0 fully saturated rings. The highest BCUT2D eigenvalue weighted by Gasteiger charge is 2.33. The summed E-state index contributed by atoms with van der Waals surface area (Å²) in [5.74, 6) is -4.31. The van der Waals surface area contributed by atoms with Gasteiger partial charge in [-0.3, -0.25) is 19.1 Å². The molecule has 0 aliphatic heterocycles. The molecular weight excluding hydrogens is 534 g/mol. The number of hydrogen-bond acceptors (Lipinski definition) is 7. The highest BCUT2D eigenvalue weighted by molar-refractivity contribution is 6.29. The van der Waals surface area contributed by atoms with E-state index in [1.54, 1.807) is 45.0 Å². The van der Waals surface area contributed by atoms with Gasteiger partial charge in [-0.1, -0.05) is 41.9 Å². The average molecular weight is 563 g/mol. The van der Waals surface area contributed by atoms with Gasteiger partial charge in [-0.2, -0.15) is 8.78 Å². The Morgan fingerprint density at radius 1 is 1.00 bits per heavy atom. The molecule has 2 amide bonds. The number of benzene rings is 1.